The highest BCUT2D eigenvalue weighted by Gasteiger charge is 2.53. The van der Waals surface area contributed by atoms with Gasteiger partial charge in [0.05, 0.1) is 23.2 Å². The SMILES string of the molecule is Cc1cc(N[C@@H]2CN(C(=O)[C@H]3C[C@@H]3C)C[C@H]2C(F)(F)F)c(C#N)cn1. The van der Waals surface area contributed by atoms with Crippen molar-refractivity contribution in [1.82, 2.24) is 9.88 Å². The molecule has 4 atom stereocenters. The summed E-state index contributed by atoms with van der Waals surface area (Å²) in [4.78, 5) is 17.6. The molecule has 1 aliphatic carbocycles. The Morgan fingerprint density at radius 2 is 2.12 bits per heavy atom. The first-order valence-electron chi connectivity index (χ1n) is 8.19. The number of nitrogens with zero attached hydrogens (tertiary/aromatic N) is 3. The number of carbonyl (C=O) groups is 1. The van der Waals surface area contributed by atoms with E-state index in [0.717, 1.165) is 6.42 Å². The first-order valence-corrected chi connectivity index (χ1v) is 8.19. The quantitative estimate of drug-likeness (QED) is 0.908. The lowest BCUT2D eigenvalue weighted by Gasteiger charge is -2.23. The molecule has 2 fully saturated rings. The molecule has 1 aromatic rings. The van der Waals surface area contributed by atoms with Gasteiger partial charge >= 0.3 is 6.18 Å². The van der Waals surface area contributed by atoms with Gasteiger partial charge in [-0.05, 0) is 25.3 Å². The number of hydrogen-bond donors (Lipinski definition) is 1. The summed E-state index contributed by atoms with van der Waals surface area (Å²) in [7, 11) is 0. The number of pyridine rings is 1. The Balaban J connectivity index is 1.82. The molecule has 0 unspecified atom stereocenters. The number of aryl methyl sites for hydroxylation is 1. The van der Waals surface area contributed by atoms with E-state index in [1.165, 1.54) is 11.1 Å². The minimum Gasteiger partial charge on any atom is -0.379 e. The van der Waals surface area contributed by atoms with E-state index in [4.69, 9.17) is 5.26 Å². The first kappa shape index (κ1) is 17.5. The van der Waals surface area contributed by atoms with Crippen LogP contribution in [0.2, 0.25) is 0 Å². The van der Waals surface area contributed by atoms with Crippen molar-refractivity contribution in [3.8, 4) is 6.07 Å². The van der Waals surface area contributed by atoms with Gasteiger partial charge in [-0.1, -0.05) is 6.92 Å². The molecule has 1 saturated heterocycles. The third-order valence-corrected chi connectivity index (χ3v) is 4.98. The monoisotopic (exact) mass is 352 g/mol. The van der Waals surface area contributed by atoms with Gasteiger partial charge in [-0.15, -0.1) is 0 Å². The summed E-state index contributed by atoms with van der Waals surface area (Å²) in [6.45, 7) is 3.27. The van der Waals surface area contributed by atoms with Gasteiger partial charge in [0.15, 0.2) is 0 Å². The minimum atomic E-state index is -4.42. The predicted molar refractivity (Wildman–Crippen MR) is 84.5 cm³/mol. The first-order chi connectivity index (χ1) is 11.7. The van der Waals surface area contributed by atoms with E-state index in [0.29, 0.717) is 11.4 Å². The van der Waals surface area contributed by atoms with Crippen LogP contribution in [0.4, 0.5) is 18.9 Å². The summed E-state index contributed by atoms with van der Waals surface area (Å²) in [5, 5.41) is 12.0. The number of nitriles is 1. The lowest BCUT2D eigenvalue weighted by Crippen LogP contribution is -2.38. The Kier molecular flexibility index (Phi) is 4.35. The fourth-order valence-electron chi connectivity index (χ4n) is 3.33. The van der Waals surface area contributed by atoms with Gasteiger partial charge in [0.1, 0.15) is 6.07 Å². The van der Waals surface area contributed by atoms with Gasteiger partial charge in [0, 0.05) is 30.9 Å². The summed E-state index contributed by atoms with van der Waals surface area (Å²) in [6, 6.07) is 2.51. The van der Waals surface area contributed by atoms with Crippen molar-refractivity contribution in [1.29, 1.82) is 5.26 Å². The molecule has 0 radical (unpaired) electrons. The van der Waals surface area contributed by atoms with Gasteiger partial charge in [0.2, 0.25) is 5.91 Å². The second kappa shape index (κ2) is 6.21. The van der Waals surface area contributed by atoms with Crippen LogP contribution >= 0.6 is 0 Å². The smallest absolute Gasteiger partial charge is 0.379 e. The Hall–Kier alpha value is -2.30. The zero-order chi connectivity index (χ0) is 18.4. The molecule has 1 amide bonds. The molecule has 134 valence electrons. The van der Waals surface area contributed by atoms with Crippen LogP contribution < -0.4 is 5.32 Å². The molecule has 0 spiro atoms. The standard InChI is InChI=1S/C17H19F3N4O/c1-9-3-12(9)16(25)24-7-13(17(18,19)20)15(8-24)23-14-4-10(2)22-6-11(14)5-21/h4,6,9,12-13,15H,3,7-8H2,1-2H3,(H,22,23)/t9-,12-,13+,15+/m0/s1. The summed E-state index contributed by atoms with van der Waals surface area (Å²) < 4.78 is 40.4. The molecule has 1 aliphatic heterocycles. The van der Waals surface area contributed by atoms with E-state index >= 15 is 0 Å². The molecule has 3 rings (SSSR count). The maximum Gasteiger partial charge on any atom is 0.395 e. The number of halogens is 3. The molecule has 1 saturated carbocycles. The zero-order valence-corrected chi connectivity index (χ0v) is 14.0. The van der Waals surface area contributed by atoms with E-state index < -0.39 is 18.1 Å². The summed E-state index contributed by atoms with van der Waals surface area (Å²) in [5.41, 5.74) is 1.11. The van der Waals surface area contributed by atoms with Gasteiger partial charge in [-0.3, -0.25) is 9.78 Å². The Morgan fingerprint density at radius 1 is 1.44 bits per heavy atom. The van der Waals surface area contributed by atoms with Crippen molar-refractivity contribution in [3.05, 3.63) is 23.5 Å². The maximum absolute atomic E-state index is 13.5. The molecule has 2 heterocycles. The summed E-state index contributed by atoms with van der Waals surface area (Å²) in [5.74, 6) is -1.76. The van der Waals surface area contributed by atoms with Crippen LogP contribution in [0, 0.1) is 36.0 Å². The van der Waals surface area contributed by atoms with Crippen LogP contribution in [0.5, 0.6) is 0 Å². The van der Waals surface area contributed by atoms with Crippen molar-refractivity contribution in [2.75, 3.05) is 18.4 Å². The van der Waals surface area contributed by atoms with Crippen molar-refractivity contribution in [3.63, 3.8) is 0 Å². The van der Waals surface area contributed by atoms with Gasteiger partial charge in [-0.25, -0.2) is 0 Å². The number of aromatic nitrogens is 1. The van der Waals surface area contributed by atoms with Gasteiger partial charge in [0.25, 0.3) is 0 Å². The maximum atomic E-state index is 13.5. The minimum absolute atomic E-state index is 0.0154. The number of carbonyl (C=O) groups excluding carboxylic acids is 1. The summed E-state index contributed by atoms with van der Waals surface area (Å²) >= 11 is 0. The zero-order valence-electron chi connectivity index (χ0n) is 14.0. The molecule has 5 nitrogen and oxygen atoms in total. The molecule has 0 aromatic carbocycles. The molecule has 1 aromatic heterocycles. The van der Waals surface area contributed by atoms with Crippen LogP contribution in [0.15, 0.2) is 12.3 Å². The molecule has 8 heteroatoms. The topological polar surface area (TPSA) is 69.0 Å². The number of nitrogens with one attached hydrogen (secondary N) is 1. The van der Waals surface area contributed by atoms with Crippen LogP contribution in [0.25, 0.3) is 0 Å². The number of anilines is 1. The van der Waals surface area contributed by atoms with Crippen molar-refractivity contribution >= 4 is 11.6 Å². The second-order valence-corrected chi connectivity index (χ2v) is 6.94. The number of likely N-dealkylation sites (tertiary alicyclic amines) is 1. The molecule has 2 aliphatic rings. The largest absolute Gasteiger partial charge is 0.395 e. The van der Waals surface area contributed by atoms with E-state index in [1.54, 1.807) is 13.0 Å². The number of amides is 1. The molecule has 0 bridgehead atoms. The highest BCUT2D eigenvalue weighted by atomic mass is 19.4. The van der Waals surface area contributed by atoms with Crippen LogP contribution in [-0.2, 0) is 4.79 Å². The molecule has 25 heavy (non-hydrogen) atoms. The molecular weight excluding hydrogens is 333 g/mol. The summed E-state index contributed by atoms with van der Waals surface area (Å²) in [6.07, 6.45) is -2.34. The van der Waals surface area contributed by atoms with Crippen LogP contribution in [0.3, 0.4) is 0 Å². The molecular formula is C17H19F3N4O. The van der Waals surface area contributed by atoms with Crippen molar-refractivity contribution in [2.24, 2.45) is 17.8 Å². The Bertz CT molecular complexity index is 728. The Morgan fingerprint density at radius 3 is 2.68 bits per heavy atom. The van der Waals surface area contributed by atoms with Gasteiger partial charge in [-0.2, -0.15) is 18.4 Å². The van der Waals surface area contributed by atoms with Gasteiger partial charge < -0.3 is 10.2 Å². The third-order valence-electron chi connectivity index (χ3n) is 4.98. The van der Waals surface area contributed by atoms with E-state index in [-0.39, 0.29) is 36.4 Å². The van der Waals surface area contributed by atoms with E-state index in [1.807, 2.05) is 13.0 Å². The average molecular weight is 352 g/mol. The van der Waals surface area contributed by atoms with Crippen molar-refractivity contribution < 1.29 is 18.0 Å². The van der Waals surface area contributed by atoms with Crippen LogP contribution in [-0.4, -0.2) is 41.1 Å². The lowest BCUT2D eigenvalue weighted by molar-refractivity contribution is -0.172. The number of alkyl halides is 3. The van der Waals surface area contributed by atoms with Crippen LogP contribution in [0.1, 0.15) is 24.6 Å². The second-order valence-electron chi connectivity index (χ2n) is 6.94. The highest BCUT2D eigenvalue weighted by molar-refractivity contribution is 5.82. The Labute approximate surface area is 143 Å². The normalized spacial score (nSPS) is 28.6. The number of hydrogen-bond acceptors (Lipinski definition) is 4. The van der Waals surface area contributed by atoms with E-state index in [9.17, 15) is 18.0 Å². The highest BCUT2D eigenvalue weighted by Crippen LogP contribution is 2.42. The average Bonchev–Trinajstić information content (AvgIpc) is 3.09. The third kappa shape index (κ3) is 3.55. The van der Waals surface area contributed by atoms with Crippen molar-refractivity contribution in [2.45, 2.75) is 32.5 Å². The lowest BCUT2D eigenvalue weighted by atomic mass is 10.0. The number of rotatable bonds is 3. The fourth-order valence-corrected chi connectivity index (χ4v) is 3.33. The predicted octanol–water partition coefficient (Wildman–Crippen LogP) is 2.72. The molecule has 1 N–H and O–H groups in total. The van der Waals surface area contributed by atoms with E-state index in [2.05, 4.69) is 10.3 Å². The fraction of sp³-hybridized carbons (Fsp3) is 0.588.